The van der Waals surface area contributed by atoms with Crippen LogP contribution >= 0.6 is 0 Å². The lowest BCUT2D eigenvalue weighted by atomic mass is 10.1. The van der Waals surface area contributed by atoms with E-state index in [2.05, 4.69) is 45.7 Å². The standard InChI is InChI=1S/C21H26N6O/c1-15(2)18-9-10-22-21(23-18)27-13-11-26(12-14-27)16(3)20-24-19(25-28-20)17-7-5-4-6-8-17/h4-10,15-16H,11-14H2,1-3H3. The van der Waals surface area contributed by atoms with Crippen molar-refractivity contribution < 1.29 is 4.52 Å². The Kier molecular flexibility index (Phi) is 5.34. The Morgan fingerprint density at radius 2 is 1.68 bits per heavy atom. The van der Waals surface area contributed by atoms with E-state index in [1.165, 1.54) is 0 Å². The van der Waals surface area contributed by atoms with Crippen LogP contribution in [0.5, 0.6) is 0 Å². The van der Waals surface area contributed by atoms with E-state index < -0.39 is 0 Å². The van der Waals surface area contributed by atoms with Gasteiger partial charge in [0.25, 0.3) is 0 Å². The molecule has 1 saturated heterocycles. The van der Waals surface area contributed by atoms with Gasteiger partial charge in [0.2, 0.25) is 17.7 Å². The highest BCUT2D eigenvalue weighted by molar-refractivity contribution is 5.53. The van der Waals surface area contributed by atoms with Crippen molar-refractivity contribution in [1.29, 1.82) is 0 Å². The van der Waals surface area contributed by atoms with Crippen molar-refractivity contribution in [2.45, 2.75) is 32.7 Å². The summed E-state index contributed by atoms with van der Waals surface area (Å²) in [5, 5.41) is 4.15. The molecule has 4 rings (SSSR count). The fourth-order valence-electron chi connectivity index (χ4n) is 3.41. The molecule has 3 aromatic rings. The third-order valence-electron chi connectivity index (χ3n) is 5.23. The molecular formula is C21H26N6O. The maximum Gasteiger partial charge on any atom is 0.244 e. The molecule has 1 atom stereocenters. The van der Waals surface area contributed by atoms with E-state index in [0.717, 1.165) is 43.4 Å². The van der Waals surface area contributed by atoms with Crippen molar-refractivity contribution >= 4 is 5.95 Å². The number of hydrogen-bond acceptors (Lipinski definition) is 7. The zero-order valence-electron chi connectivity index (χ0n) is 16.6. The lowest BCUT2D eigenvalue weighted by molar-refractivity contribution is 0.163. The summed E-state index contributed by atoms with van der Waals surface area (Å²) in [7, 11) is 0. The van der Waals surface area contributed by atoms with E-state index in [4.69, 9.17) is 9.51 Å². The van der Waals surface area contributed by atoms with Crippen LogP contribution in [-0.2, 0) is 0 Å². The highest BCUT2D eigenvalue weighted by Gasteiger charge is 2.27. The third kappa shape index (κ3) is 3.89. The minimum absolute atomic E-state index is 0.0787. The van der Waals surface area contributed by atoms with Crippen molar-refractivity contribution in [2.24, 2.45) is 0 Å². The van der Waals surface area contributed by atoms with Crippen LogP contribution in [0, 0.1) is 0 Å². The summed E-state index contributed by atoms with van der Waals surface area (Å²) in [5.74, 6) is 2.52. The lowest BCUT2D eigenvalue weighted by Gasteiger charge is -2.36. The number of nitrogens with zero attached hydrogens (tertiary/aromatic N) is 6. The molecule has 0 saturated carbocycles. The molecule has 3 heterocycles. The van der Waals surface area contributed by atoms with Gasteiger partial charge in [-0.2, -0.15) is 4.98 Å². The molecule has 0 amide bonds. The zero-order valence-corrected chi connectivity index (χ0v) is 16.6. The van der Waals surface area contributed by atoms with Crippen molar-refractivity contribution in [3.8, 4) is 11.4 Å². The molecule has 7 nitrogen and oxygen atoms in total. The second-order valence-corrected chi connectivity index (χ2v) is 7.46. The first-order valence-electron chi connectivity index (χ1n) is 9.83. The van der Waals surface area contributed by atoms with Crippen molar-refractivity contribution in [3.05, 3.63) is 54.2 Å². The summed E-state index contributed by atoms with van der Waals surface area (Å²) in [6.45, 7) is 9.99. The molecule has 0 bridgehead atoms. The van der Waals surface area contributed by atoms with E-state index >= 15 is 0 Å². The average molecular weight is 378 g/mol. The second-order valence-electron chi connectivity index (χ2n) is 7.46. The summed E-state index contributed by atoms with van der Waals surface area (Å²) >= 11 is 0. The maximum atomic E-state index is 5.55. The number of rotatable bonds is 5. The average Bonchev–Trinajstić information content (AvgIpc) is 3.24. The first-order valence-corrected chi connectivity index (χ1v) is 9.83. The highest BCUT2D eigenvalue weighted by atomic mass is 16.5. The Labute approximate surface area is 165 Å². The topological polar surface area (TPSA) is 71.2 Å². The Morgan fingerprint density at radius 1 is 0.929 bits per heavy atom. The SMILES string of the molecule is CC(C)c1ccnc(N2CCN(C(C)c3nc(-c4ccccc4)no3)CC2)n1. The van der Waals surface area contributed by atoms with E-state index in [-0.39, 0.29) is 6.04 Å². The molecule has 28 heavy (non-hydrogen) atoms. The van der Waals surface area contributed by atoms with Crippen LogP contribution in [0.1, 0.15) is 44.3 Å². The predicted molar refractivity (Wildman–Crippen MR) is 108 cm³/mol. The molecule has 1 unspecified atom stereocenters. The Balaban J connectivity index is 1.40. The zero-order chi connectivity index (χ0) is 19.5. The van der Waals surface area contributed by atoms with Gasteiger partial charge in [-0.1, -0.05) is 49.3 Å². The van der Waals surface area contributed by atoms with Crippen LogP contribution in [0.15, 0.2) is 47.1 Å². The quantitative estimate of drug-likeness (QED) is 0.672. The minimum Gasteiger partial charge on any atom is -0.338 e. The molecule has 1 aromatic carbocycles. The molecule has 1 aliphatic rings. The van der Waals surface area contributed by atoms with Crippen LogP contribution in [0.25, 0.3) is 11.4 Å². The van der Waals surface area contributed by atoms with Crippen molar-refractivity contribution in [1.82, 2.24) is 25.0 Å². The highest BCUT2D eigenvalue weighted by Crippen LogP contribution is 2.24. The Bertz CT molecular complexity index is 902. The van der Waals surface area contributed by atoms with Crippen molar-refractivity contribution in [2.75, 3.05) is 31.1 Å². The molecule has 0 aliphatic carbocycles. The minimum atomic E-state index is 0.0787. The summed E-state index contributed by atoms with van der Waals surface area (Å²) in [5.41, 5.74) is 2.05. The van der Waals surface area contributed by atoms with E-state index in [9.17, 15) is 0 Å². The molecular weight excluding hydrogens is 352 g/mol. The number of benzene rings is 1. The maximum absolute atomic E-state index is 5.55. The molecule has 1 fully saturated rings. The van der Waals surface area contributed by atoms with Crippen LogP contribution in [0.4, 0.5) is 5.95 Å². The number of anilines is 1. The summed E-state index contributed by atoms with van der Waals surface area (Å²) in [4.78, 5) is 18.4. The molecule has 0 radical (unpaired) electrons. The van der Waals surface area contributed by atoms with Gasteiger partial charge in [0.1, 0.15) is 0 Å². The molecule has 146 valence electrons. The fraction of sp³-hybridized carbons (Fsp3) is 0.429. The monoisotopic (exact) mass is 378 g/mol. The number of piperazine rings is 1. The van der Waals surface area contributed by atoms with Gasteiger partial charge in [0, 0.05) is 43.6 Å². The summed E-state index contributed by atoms with van der Waals surface area (Å²) < 4.78 is 5.55. The summed E-state index contributed by atoms with van der Waals surface area (Å²) in [6, 6.07) is 12.0. The van der Waals surface area contributed by atoms with Gasteiger partial charge in [-0.15, -0.1) is 0 Å². The van der Waals surface area contributed by atoms with Crippen LogP contribution in [-0.4, -0.2) is 51.2 Å². The molecule has 7 heteroatoms. The van der Waals surface area contributed by atoms with Gasteiger partial charge in [-0.05, 0) is 18.9 Å². The smallest absolute Gasteiger partial charge is 0.244 e. The van der Waals surface area contributed by atoms with Crippen molar-refractivity contribution in [3.63, 3.8) is 0 Å². The molecule has 1 aliphatic heterocycles. The largest absolute Gasteiger partial charge is 0.338 e. The fourth-order valence-corrected chi connectivity index (χ4v) is 3.41. The van der Waals surface area contributed by atoms with E-state index in [0.29, 0.717) is 17.6 Å². The van der Waals surface area contributed by atoms with Crippen LogP contribution in [0.2, 0.25) is 0 Å². The van der Waals surface area contributed by atoms with Gasteiger partial charge >= 0.3 is 0 Å². The number of aromatic nitrogens is 4. The summed E-state index contributed by atoms with van der Waals surface area (Å²) in [6.07, 6.45) is 1.86. The predicted octanol–water partition coefficient (Wildman–Crippen LogP) is 3.53. The third-order valence-corrected chi connectivity index (χ3v) is 5.23. The first kappa shape index (κ1) is 18.6. The lowest BCUT2D eigenvalue weighted by Crippen LogP contribution is -2.47. The molecule has 0 spiro atoms. The Morgan fingerprint density at radius 3 is 2.39 bits per heavy atom. The van der Waals surface area contributed by atoms with Gasteiger partial charge in [0.15, 0.2) is 0 Å². The van der Waals surface area contributed by atoms with Crippen LogP contribution < -0.4 is 4.90 Å². The molecule has 0 N–H and O–H groups in total. The number of hydrogen-bond donors (Lipinski definition) is 0. The van der Waals surface area contributed by atoms with E-state index in [1.807, 2.05) is 42.6 Å². The van der Waals surface area contributed by atoms with Crippen LogP contribution in [0.3, 0.4) is 0 Å². The first-order chi connectivity index (χ1) is 13.6. The Hall–Kier alpha value is -2.80. The normalized spacial score (nSPS) is 16.5. The van der Waals surface area contributed by atoms with Gasteiger partial charge in [-0.25, -0.2) is 9.97 Å². The second kappa shape index (κ2) is 8.06. The van der Waals surface area contributed by atoms with Gasteiger partial charge in [-0.3, -0.25) is 4.90 Å². The van der Waals surface area contributed by atoms with Gasteiger partial charge in [0.05, 0.1) is 6.04 Å². The van der Waals surface area contributed by atoms with E-state index in [1.54, 1.807) is 0 Å². The van der Waals surface area contributed by atoms with Gasteiger partial charge < -0.3 is 9.42 Å². The molecule has 2 aromatic heterocycles.